The van der Waals surface area contributed by atoms with Crippen molar-refractivity contribution in [2.24, 2.45) is 0 Å². The number of hydrogen-bond donors (Lipinski definition) is 2. The van der Waals surface area contributed by atoms with Crippen LogP contribution in [0.5, 0.6) is 11.5 Å². The van der Waals surface area contributed by atoms with E-state index >= 15 is 0 Å². The number of nitrogens with zero attached hydrogens (tertiary/aromatic N) is 3. The Balaban J connectivity index is 0.00000368. The highest BCUT2D eigenvalue weighted by molar-refractivity contribution is 7.89. The number of halogens is 2. The molecule has 0 spiro atoms. The van der Waals surface area contributed by atoms with Gasteiger partial charge in [-0.2, -0.15) is 8.61 Å². The molecule has 13 nitrogen and oxygen atoms in total. The van der Waals surface area contributed by atoms with Crippen molar-refractivity contribution in [2.45, 2.75) is 22.3 Å². The van der Waals surface area contributed by atoms with Gasteiger partial charge >= 0.3 is 0 Å². The second kappa shape index (κ2) is 17.8. The van der Waals surface area contributed by atoms with Crippen LogP contribution < -0.4 is 20.1 Å². The minimum Gasteiger partial charge on any atom is -0.497 e. The van der Waals surface area contributed by atoms with Gasteiger partial charge in [0.2, 0.25) is 20.0 Å². The molecule has 1 atom stereocenters. The summed E-state index contributed by atoms with van der Waals surface area (Å²) >= 11 is 0. The topological polar surface area (TPSA) is 160 Å². The highest BCUT2D eigenvalue weighted by atomic mass is 35.5. The van der Waals surface area contributed by atoms with Gasteiger partial charge in [0.15, 0.2) is 0 Å². The van der Waals surface area contributed by atoms with Crippen molar-refractivity contribution in [3.05, 3.63) is 88.5 Å². The zero-order valence-electron chi connectivity index (χ0n) is 25.4. The van der Waals surface area contributed by atoms with Gasteiger partial charge in [-0.25, -0.2) is 16.8 Å². The first-order valence-electron chi connectivity index (χ1n) is 14.0. The maximum Gasteiger partial charge on any atom is 0.269 e. The summed E-state index contributed by atoms with van der Waals surface area (Å²) in [7, 11) is -4.97. The number of benzene rings is 3. The summed E-state index contributed by atoms with van der Waals surface area (Å²) in [4.78, 5) is 10.7. The van der Waals surface area contributed by atoms with E-state index in [0.717, 1.165) is 5.56 Å². The number of non-ortho nitro benzene ring substituents is 1. The lowest BCUT2D eigenvalue weighted by molar-refractivity contribution is -0.384. The zero-order chi connectivity index (χ0) is 31.7. The highest BCUT2D eigenvalue weighted by Gasteiger charge is 2.30. The Morgan fingerprint density at radius 1 is 0.739 bits per heavy atom. The summed E-state index contributed by atoms with van der Waals surface area (Å²) in [6.07, 6.45) is 0.518. The van der Waals surface area contributed by atoms with Gasteiger partial charge in [0.05, 0.1) is 28.9 Å². The molecule has 254 valence electrons. The molecule has 1 aliphatic rings. The Kier molecular flexibility index (Phi) is 15.1. The molecule has 0 radical (unpaired) electrons. The molecule has 1 aliphatic heterocycles. The van der Waals surface area contributed by atoms with Crippen molar-refractivity contribution in [2.75, 3.05) is 60.0 Å². The van der Waals surface area contributed by atoms with Crippen molar-refractivity contribution in [3.63, 3.8) is 0 Å². The minimum atomic E-state index is -3.99. The molecule has 1 saturated heterocycles. The second-order valence-electron chi connectivity index (χ2n) is 10.1. The van der Waals surface area contributed by atoms with Crippen LogP contribution in [-0.2, 0) is 26.5 Å². The van der Waals surface area contributed by atoms with E-state index in [1.807, 2.05) is 0 Å². The maximum atomic E-state index is 13.8. The normalized spacial score (nSPS) is 17.3. The largest absolute Gasteiger partial charge is 0.497 e. The van der Waals surface area contributed by atoms with Crippen LogP contribution in [0.25, 0.3) is 0 Å². The van der Waals surface area contributed by atoms with E-state index in [4.69, 9.17) is 9.47 Å². The fourth-order valence-electron chi connectivity index (χ4n) is 4.85. The standard InChI is InChI=1S/C29H37N5O8S2.2ClH/c1-41-26-7-11-28(12-8-26)43(37,38)32-17-15-30-22-24(21-23-3-5-25(6-4-23)34(35)36)31-16-18-33(20-19-32)44(39,40)29-13-9-27(42-2)10-14-29;;/h3-14,24,30-31H,15-22H2,1-2H3;2*1H. The molecule has 0 saturated carbocycles. The highest BCUT2D eigenvalue weighted by Crippen LogP contribution is 2.22. The Labute approximate surface area is 282 Å². The smallest absolute Gasteiger partial charge is 0.269 e. The Morgan fingerprint density at radius 2 is 1.20 bits per heavy atom. The summed E-state index contributed by atoms with van der Waals surface area (Å²) in [5.74, 6) is 1.03. The number of sulfonamides is 2. The molecule has 0 amide bonds. The van der Waals surface area contributed by atoms with Crippen LogP contribution in [0.2, 0.25) is 0 Å². The molecular weight excluding hydrogens is 681 g/mol. The average molecular weight is 721 g/mol. The summed E-state index contributed by atoms with van der Waals surface area (Å²) in [5, 5.41) is 17.8. The van der Waals surface area contributed by atoms with Gasteiger partial charge in [-0.1, -0.05) is 12.1 Å². The summed E-state index contributed by atoms with van der Waals surface area (Å²) < 4.78 is 67.8. The maximum absolute atomic E-state index is 13.8. The molecule has 3 aromatic carbocycles. The number of nitro groups is 1. The number of nitro benzene ring substituents is 1. The van der Waals surface area contributed by atoms with Crippen LogP contribution >= 0.6 is 24.8 Å². The molecule has 0 aliphatic carbocycles. The van der Waals surface area contributed by atoms with Crippen molar-refractivity contribution in [1.29, 1.82) is 0 Å². The van der Waals surface area contributed by atoms with E-state index in [1.165, 1.54) is 59.2 Å². The quantitative estimate of drug-likeness (QED) is 0.249. The Morgan fingerprint density at radius 3 is 1.63 bits per heavy atom. The third-order valence-electron chi connectivity index (χ3n) is 7.35. The zero-order valence-corrected chi connectivity index (χ0v) is 28.7. The average Bonchev–Trinajstić information content (AvgIpc) is 3.02. The Bertz CT molecular complexity index is 1610. The van der Waals surface area contributed by atoms with E-state index in [9.17, 15) is 26.9 Å². The van der Waals surface area contributed by atoms with Gasteiger partial charge in [0, 0.05) is 64.0 Å². The predicted octanol–water partition coefficient (Wildman–Crippen LogP) is 2.94. The number of hydrogen-bond acceptors (Lipinski definition) is 10. The van der Waals surface area contributed by atoms with Crippen molar-refractivity contribution < 1.29 is 31.2 Å². The molecule has 1 unspecified atom stereocenters. The van der Waals surface area contributed by atoms with Crippen molar-refractivity contribution >= 4 is 50.5 Å². The Hall–Kier alpha value is -3.02. The van der Waals surface area contributed by atoms with Crippen LogP contribution in [-0.4, -0.2) is 96.4 Å². The molecule has 0 aromatic heterocycles. The second-order valence-corrected chi connectivity index (χ2v) is 14.0. The first kappa shape index (κ1) is 39.2. The van der Waals surface area contributed by atoms with Gasteiger partial charge in [-0.15, -0.1) is 24.8 Å². The van der Waals surface area contributed by atoms with Crippen LogP contribution in [0.4, 0.5) is 5.69 Å². The van der Waals surface area contributed by atoms with Gasteiger partial charge < -0.3 is 20.1 Å². The van der Waals surface area contributed by atoms with E-state index in [0.29, 0.717) is 37.6 Å². The van der Waals surface area contributed by atoms with Crippen molar-refractivity contribution in [3.8, 4) is 11.5 Å². The third kappa shape index (κ3) is 9.99. The van der Waals surface area contributed by atoms with Crippen LogP contribution in [0.3, 0.4) is 0 Å². The first-order valence-corrected chi connectivity index (χ1v) is 16.9. The van der Waals surface area contributed by atoms with Gasteiger partial charge in [-0.3, -0.25) is 10.1 Å². The van der Waals surface area contributed by atoms with Gasteiger partial charge in [-0.05, 0) is 60.5 Å². The van der Waals surface area contributed by atoms with Crippen molar-refractivity contribution in [1.82, 2.24) is 19.2 Å². The molecule has 2 N–H and O–H groups in total. The van der Waals surface area contributed by atoms with E-state index in [-0.39, 0.29) is 72.5 Å². The fraction of sp³-hybridized carbons (Fsp3) is 0.379. The predicted molar refractivity (Wildman–Crippen MR) is 179 cm³/mol. The number of rotatable bonds is 9. The molecule has 1 heterocycles. The van der Waals surface area contributed by atoms with E-state index in [2.05, 4.69) is 10.6 Å². The molecular formula is C29H39Cl2N5O8S2. The number of ether oxygens (including phenoxy) is 2. The lowest BCUT2D eigenvalue weighted by Crippen LogP contribution is -2.49. The molecule has 3 aromatic rings. The lowest BCUT2D eigenvalue weighted by atomic mass is 10.1. The monoisotopic (exact) mass is 719 g/mol. The molecule has 1 fully saturated rings. The molecule has 4 rings (SSSR count). The molecule has 0 bridgehead atoms. The molecule has 46 heavy (non-hydrogen) atoms. The van der Waals surface area contributed by atoms with E-state index in [1.54, 1.807) is 36.4 Å². The fourth-order valence-corrected chi connectivity index (χ4v) is 7.71. The lowest BCUT2D eigenvalue weighted by Gasteiger charge is -2.29. The van der Waals surface area contributed by atoms with Crippen LogP contribution in [0.15, 0.2) is 82.6 Å². The third-order valence-corrected chi connectivity index (χ3v) is 11.2. The summed E-state index contributed by atoms with van der Waals surface area (Å²) in [6.45, 7) is 1.13. The number of nitrogens with one attached hydrogen (secondary N) is 2. The minimum absolute atomic E-state index is 0. The first-order chi connectivity index (χ1) is 21.0. The van der Waals surface area contributed by atoms with Crippen LogP contribution in [0.1, 0.15) is 5.56 Å². The summed E-state index contributed by atoms with van der Waals surface area (Å²) in [5.41, 5.74) is 0.865. The van der Waals surface area contributed by atoms with E-state index < -0.39 is 25.0 Å². The SMILES string of the molecule is COc1ccc(S(=O)(=O)N2CCNCC(Cc3ccc([N+](=O)[O-])cc3)NCCN(S(=O)(=O)c3ccc(OC)cc3)CC2)cc1.Cl.Cl. The van der Waals surface area contributed by atoms with Gasteiger partial charge in [0.25, 0.3) is 5.69 Å². The van der Waals surface area contributed by atoms with Crippen LogP contribution in [0, 0.1) is 10.1 Å². The molecule has 17 heteroatoms. The summed E-state index contributed by atoms with van der Waals surface area (Å²) in [6, 6.07) is 18.2. The number of methoxy groups -OCH3 is 2. The van der Waals surface area contributed by atoms with Gasteiger partial charge in [0.1, 0.15) is 11.5 Å².